The Morgan fingerprint density at radius 2 is 1.93 bits per heavy atom. The van der Waals surface area contributed by atoms with E-state index in [0.717, 1.165) is 17.1 Å². The molecule has 4 rings (SSSR count). The summed E-state index contributed by atoms with van der Waals surface area (Å²) in [6.45, 7) is 3.12. The number of carbonyl (C=O) groups is 2. The zero-order chi connectivity index (χ0) is 21.1. The molecule has 0 aromatic heterocycles. The average Bonchev–Trinajstić information content (AvgIpc) is 3.29. The molecule has 0 radical (unpaired) electrons. The number of nitrogens with one attached hydrogen (secondary N) is 1. The topological polar surface area (TPSA) is 71.1 Å². The van der Waals surface area contributed by atoms with E-state index in [1.165, 1.54) is 0 Å². The van der Waals surface area contributed by atoms with E-state index >= 15 is 0 Å². The van der Waals surface area contributed by atoms with Crippen molar-refractivity contribution in [3.05, 3.63) is 54.1 Å². The fourth-order valence-electron chi connectivity index (χ4n) is 3.69. The van der Waals surface area contributed by atoms with Crippen molar-refractivity contribution in [2.75, 3.05) is 25.2 Å². The van der Waals surface area contributed by atoms with Crippen molar-refractivity contribution in [1.29, 1.82) is 0 Å². The normalized spacial score (nSPS) is 17.6. The molecule has 30 heavy (non-hydrogen) atoms. The Balaban J connectivity index is 1.45. The molecule has 1 unspecified atom stereocenters. The highest BCUT2D eigenvalue weighted by atomic mass is 32.1. The Morgan fingerprint density at radius 1 is 1.17 bits per heavy atom. The molecule has 156 valence electrons. The lowest BCUT2D eigenvalue weighted by molar-refractivity contribution is -0.130. The highest BCUT2D eigenvalue weighted by Crippen LogP contribution is 2.33. The third kappa shape index (κ3) is 4.09. The second kappa shape index (κ2) is 8.71. The molecule has 2 aliphatic heterocycles. The number of hydrogen-bond donors (Lipinski definition) is 1. The minimum Gasteiger partial charge on any atom is -0.454 e. The van der Waals surface area contributed by atoms with Crippen LogP contribution >= 0.6 is 12.2 Å². The van der Waals surface area contributed by atoms with Crippen LogP contribution in [0.3, 0.4) is 0 Å². The van der Waals surface area contributed by atoms with E-state index in [2.05, 4.69) is 5.32 Å². The van der Waals surface area contributed by atoms with Gasteiger partial charge in [0.2, 0.25) is 12.7 Å². The first-order chi connectivity index (χ1) is 14.6. The van der Waals surface area contributed by atoms with Crippen LogP contribution in [-0.2, 0) is 16.0 Å². The van der Waals surface area contributed by atoms with Gasteiger partial charge < -0.3 is 19.7 Å². The van der Waals surface area contributed by atoms with Gasteiger partial charge in [0.15, 0.2) is 16.6 Å². The van der Waals surface area contributed by atoms with Crippen LogP contribution in [-0.4, -0.2) is 52.7 Å². The summed E-state index contributed by atoms with van der Waals surface area (Å²) in [5.41, 5.74) is 1.76. The van der Waals surface area contributed by atoms with Crippen LogP contribution in [0.5, 0.6) is 11.5 Å². The predicted molar refractivity (Wildman–Crippen MR) is 116 cm³/mol. The Morgan fingerprint density at radius 3 is 2.70 bits per heavy atom. The number of benzene rings is 2. The average molecular weight is 426 g/mol. The molecule has 1 atom stereocenters. The minimum absolute atomic E-state index is 0.0471. The zero-order valence-corrected chi connectivity index (χ0v) is 17.5. The van der Waals surface area contributed by atoms with E-state index in [4.69, 9.17) is 21.7 Å². The van der Waals surface area contributed by atoms with Gasteiger partial charge in [-0.2, -0.15) is 0 Å². The molecule has 2 heterocycles. The molecule has 2 aliphatic rings. The van der Waals surface area contributed by atoms with Crippen LogP contribution in [0.25, 0.3) is 0 Å². The van der Waals surface area contributed by atoms with Crippen LogP contribution in [0.2, 0.25) is 0 Å². The molecule has 1 N–H and O–H groups in total. The Hall–Kier alpha value is -3.13. The highest BCUT2D eigenvalue weighted by molar-refractivity contribution is 7.80. The van der Waals surface area contributed by atoms with E-state index in [9.17, 15) is 9.59 Å². The van der Waals surface area contributed by atoms with Gasteiger partial charge in [0.05, 0.1) is 6.42 Å². The number of hydrogen-bond acceptors (Lipinski definition) is 5. The van der Waals surface area contributed by atoms with Crippen LogP contribution in [0, 0.1) is 0 Å². The summed E-state index contributed by atoms with van der Waals surface area (Å²) in [5, 5.41) is 3.32. The van der Waals surface area contributed by atoms with Gasteiger partial charge in [-0.15, -0.1) is 0 Å². The molecule has 2 aromatic carbocycles. The number of anilines is 1. The molecule has 2 aromatic rings. The number of thiocarbonyl (C=S) groups is 1. The van der Waals surface area contributed by atoms with E-state index in [1.54, 1.807) is 4.90 Å². The lowest BCUT2D eigenvalue weighted by Crippen LogP contribution is -2.39. The summed E-state index contributed by atoms with van der Waals surface area (Å²) in [4.78, 5) is 28.9. The van der Waals surface area contributed by atoms with Crippen molar-refractivity contribution in [3.63, 3.8) is 0 Å². The van der Waals surface area contributed by atoms with Crippen molar-refractivity contribution in [3.8, 4) is 11.5 Å². The third-order valence-corrected chi connectivity index (χ3v) is 5.69. The van der Waals surface area contributed by atoms with Gasteiger partial charge in [-0.05, 0) is 55.4 Å². The standard InChI is InChI=1S/C22H23N3O4S/c1-2-24-21(27)17(13-20(26)23-16-6-4-3-5-7-16)25(22(24)30)11-10-15-8-9-18-19(12-15)29-14-28-18/h3-9,12,17H,2,10-11,13-14H2,1H3,(H,23,26). The number of carbonyl (C=O) groups excluding carboxylic acids is 2. The number of amides is 2. The maximum Gasteiger partial charge on any atom is 0.252 e. The lowest BCUT2D eigenvalue weighted by atomic mass is 10.1. The molecule has 0 saturated carbocycles. The Labute approximate surface area is 180 Å². The SMILES string of the molecule is CCN1C(=O)C(CC(=O)Nc2ccccc2)N(CCc2ccc3c(c2)OCO3)C1=S. The van der Waals surface area contributed by atoms with E-state index in [-0.39, 0.29) is 25.0 Å². The Kier molecular flexibility index (Phi) is 5.85. The zero-order valence-electron chi connectivity index (χ0n) is 16.7. The lowest BCUT2D eigenvalue weighted by Gasteiger charge is -2.23. The molecule has 8 heteroatoms. The smallest absolute Gasteiger partial charge is 0.252 e. The number of likely N-dealkylation sites (N-methyl/N-ethyl adjacent to an activating group) is 1. The van der Waals surface area contributed by atoms with Crippen molar-refractivity contribution in [2.45, 2.75) is 25.8 Å². The molecule has 1 saturated heterocycles. The summed E-state index contributed by atoms with van der Waals surface area (Å²) in [6, 6.07) is 14.4. The van der Waals surface area contributed by atoms with Crippen LogP contribution < -0.4 is 14.8 Å². The fourth-order valence-corrected chi connectivity index (χ4v) is 4.13. The second-order valence-electron chi connectivity index (χ2n) is 7.13. The van der Waals surface area contributed by atoms with Crippen molar-refractivity contribution < 1.29 is 19.1 Å². The van der Waals surface area contributed by atoms with Crippen molar-refractivity contribution in [1.82, 2.24) is 9.80 Å². The maximum atomic E-state index is 12.9. The van der Waals surface area contributed by atoms with E-state index in [0.29, 0.717) is 30.3 Å². The third-order valence-electron chi connectivity index (χ3n) is 5.23. The number of rotatable bonds is 7. The molecular formula is C22H23N3O4S. The van der Waals surface area contributed by atoms with Gasteiger partial charge >= 0.3 is 0 Å². The summed E-state index contributed by atoms with van der Waals surface area (Å²) in [7, 11) is 0. The van der Waals surface area contributed by atoms with Gasteiger partial charge in [-0.3, -0.25) is 14.5 Å². The predicted octanol–water partition coefficient (Wildman–Crippen LogP) is 2.80. The maximum absolute atomic E-state index is 12.9. The molecule has 7 nitrogen and oxygen atoms in total. The molecular weight excluding hydrogens is 402 g/mol. The minimum atomic E-state index is -0.602. The quantitative estimate of drug-likeness (QED) is 0.688. The molecule has 0 spiro atoms. The monoisotopic (exact) mass is 425 g/mol. The largest absolute Gasteiger partial charge is 0.454 e. The summed E-state index contributed by atoms with van der Waals surface area (Å²) in [6.07, 6.45) is 0.712. The highest BCUT2D eigenvalue weighted by Gasteiger charge is 2.42. The van der Waals surface area contributed by atoms with E-state index in [1.807, 2.05) is 60.4 Å². The van der Waals surface area contributed by atoms with Crippen LogP contribution in [0.1, 0.15) is 18.9 Å². The van der Waals surface area contributed by atoms with Crippen molar-refractivity contribution >= 4 is 34.8 Å². The fraction of sp³-hybridized carbons (Fsp3) is 0.318. The van der Waals surface area contributed by atoms with Crippen LogP contribution in [0.4, 0.5) is 5.69 Å². The molecule has 2 amide bonds. The van der Waals surface area contributed by atoms with Gasteiger partial charge in [-0.1, -0.05) is 24.3 Å². The summed E-state index contributed by atoms with van der Waals surface area (Å²) >= 11 is 5.55. The van der Waals surface area contributed by atoms with Crippen LogP contribution in [0.15, 0.2) is 48.5 Å². The van der Waals surface area contributed by atoms with Gasteiger partial charge in [-0.25, -0.2) is 0 Å². The number of fused-ring (bicyclic) bond motifs is 1. The molecule has 1 fully saturated rings. The first-order valence-electron chi connectivity index (χ1n) is 9.92. The Bertz CT molecular complexity index is 966. The second-order valence-corrected chi connectivity index (χ2v) is 7.50. The number of para-hydroxylation sites is 1. The summed E-state index contributed by atoms with van der Waals surface area (Å²) < 4.78 is 10.8. The van der Waals surface area contributed by atoms with Gasteiger partial charge in [0, 0.05) is 18.8 Å². The number of ether oxygens (including phenoxy) is 2. The first-order valence-corrected chi connectivity index (χ1v) is 10.3. The van der Waals surface area contributed by atoms with Crippen molar-refractivity contribution in [2.24, 2.45) is 0 Å². The molecule has 0 aliphatic carbocycles. The first kappa shape index (κ1) is 20.2. The number of nitrogens with zero attached hydrogens (tertiary/aromatic N) is 2. The van der Waals surface area contributed by atoms with Gasteiger partial charge in [0.1, 0.15) is 6.04 Å². The van der Waals surface area contributed by atoms with Gasteiger partial charge in [0.25, 0.3) is 5.91 Å². The summed E-state index contributed by atoms with van der Waals surface area (Å²) in [5.74, 6) is 1.12. The van der Waals surface area contributed by atoms with E-state index < -0.39 is 6.04 Å². The molecule has 0 bridgehead atoms.